The first kappa shape index (κ1) is 11.7. The number of anilines is 1. The van der Waals surface area contributed by atoms with Gasteiger partial charge in [0.05, 0.1) is 0 Å². The second-order valence-corrected chi connectivity index (χ2v) is 3.58. The van der Waals surface area contributed by atoms with Crippen LogP contribution in [-0.2, 0) is 0 Å². The molecule has 0 amide bonds. The van der Waals surface area contributed by atoms with E-state index in [4.69, 9.17) is 15.7 Å². The number of nitrogens with zero attached hydrogens (tertiary/aromatic N) is 3. The van der Waals surface area contributed by atoms with Gasteiger partial charge in [0.2, 0.25) is 0 Å². The molecule has 18 heavy (non-hydrogen) atoms. The van der Waals surface area contributed by atoms with Crippen LogP contribution in [-0.4, -0.2) is 15.1 Å². The molecule has 6 heteroatoms. The van der Waals surface area contributed by atoms with Gasteiger partial charge in [-0.25, -0.2) is 4.98 Å². The molecule has 0 radical (unpaired) electrons. The first-order valence-electron chi connectivity index (χ1n) is 5.11. The number of aryl methyl sites for hydroxylation is 1. The van der Waals surface area contributed by atoms with Crippen LogP contribution in [0.15, 0.2) is 24.3 Å². The van der Waals surface area contributed by atoms with Crippen molar-refractivity contribution in [2.75, 3.05) is 5.73 Å². The van der Waals surface area contributed by atoms with E-state index in [1.165, 1.54) is 6.07 Å². The summed E-state index contributed by atoms with van der Waals surface area (Å²) < 4.78 is 5.35. The zero-order valence-corrected chi connectivity index (χ0v) is 9.58. The van der Waals surface area contributed by atoms with Gasteiger partial charge in [-0.15, -0.1) is 0 Å². The Bertz CT molecular complexity index is 634. The molecule has 0 unspecified atom stereocenters. The maximum atomic E-state index is 9.44. The van der Waals surface area contributed by atoms with Gasteiger partial charge in [0, 0.05) is 5.69 Å². The number of hydrogen-bond acceptors (Lipinski definition) is 6. The van der Waals surface area contributed by atoms with Crippen molar-refractivity contribution < 1.29 is 9.84 Å². The highest BCUT2D eigenvalue weighted by atomic mass is 16.5. The number of nitrogens with two attached hydrogens (primary N) is 1. The van der Waals surface area contributed by atoms with E-state index in [1.54, 1.807) is 25.1 Å². The van der Waals surface area contributed by atoms with Crippen LogP contribution in [0.25, 0.3) is 0 Å². The number of nitriles is 1. The number of phenolic OH excluding ortho intramolecular Hbond substituents is 1. The maximum absolute atomic E-state index is 9.44. The van der Waals surface area contributed by atoms with Crippen molar-refractivity contribution in [1.82, 2.24) is 9.97 Å². The minimum Gasteiger partial charge on any atom is -0.506 e. The van der Waals surface area contributed by atoms with E-state index >= 15 is 0 Å². The van der Waals surface area contributed by atoms with E-state index in [-0.39, 0.29) is 28.9 Å². The van der Waals surface area contributed by atoms with Gasteiger partial charge in [-0.1, -0.05) is 6.07 Å². The minimum atomic E-state index is -0.0827. The van der Waals surface area contributed by atoms with Crippen molar-refractivity contribution in [3.05, 3.63) is 35.7 Å². The fourth-order valence-electron chi connectivity index (χ4n) is 1.36. The molecule has 0 atom stereocenters. The summed E-state index contributed by atoms with van der Waals surface area (Å²) in [6.07, 6.45) is 0. The summed E-state index contributed by atoms with van der Waals surface area (Å²) in [5.41, 5.74) is 6.55. The van der Waals surface area contributed by atoms with Gasteiger partial charge in [-0.05, 0) is 25.1 Å². The smallest absolute Gasteiger partial charge is 0.323 e. The lowest BCUT2D eigenvalue weighted by atomic mass is 10.3. The molecule has 2 aromatic rings. The summed E-state index contributed by atoms with van der Waals surface area (Å²) in [4.78, 5) is 7.91. The van der Waals surface area contributed by atoms with E-state index in [1.807, 2.05) is 6.07 Å². The first-order valence-corrected chi connectivity index (χ1v) is 5.11. The molecule has 3 N–H and O–H groups in total. The largest absolute Gasteiger partial charge is 0.506 e. The molecule has 90 valence electrons. The van der Waals surface area contributed by atoms with Crippen molar-refractivity contribution in [3.8, 4) is 23.6 Å². The summed E-state index contributed by atoms with van der Waals surface area (Å²) >= 11 is 0. The third kappa shape index (κ3) is 2.30. The van der Waals surface area contributed by atoms with Crippen molar-refractivity contribution in [1.29, 1.82) is 5.26 Å². The first-order chi connectivity index (χ1) is 8.60. The third-order valence-electron chi connectivity index (χ3n) is 2.19. The molecule has 0 aliphatic rings. The van der Waals surface area contributed by atoms with E-state index in [0.29, 0.717) is 5.69 Å². The molecule has 1 heterocycles. The van der Waals surface area contributed by atoms with Crippen LogP contribution in [0.5, 0.6) is 17.5 Å². The molecule has 0 bridgehead atoms. The molecule has 0 spiro atoms. The Morgan fingerprint density at radius 2 is 2.17 bits per heavy atom. The lowest BCUT2D eigenvalue weighted by molar-refractivity contribution is 0.433. The van der Waals surface area contributed by atoms with E-state index in [2.05, 4.69) is 9.97 Å². The van der Waals surface area contributed by atoms with Gasteiger partial charge in [-0.3, -0.25) is 0 Å². The van der Waals surface area contributed by atoms with Crippen LogP contribution >= 0.6 is 0 Å². The number of para-hydroxylation sites is 1. The highest BCUT2D eigenvalue weighted by Gasteiger charge is 2.09. The molecule has 0 aliphatic carbocycles. The second-order valence-electron chi connectivity index (χ2n) is 3.58. The standard InChI is InChI=1S/C12H10N4O2/c1-7-5-8(6-13)16-12(15-7)18-10-4-2-3-9(17)11(10)14/h2-5,17H,14H2,1H3. The molecular weight excluding hydrogens is 232 g/mol. The Kier molecular flexibility index (Phi) is 2.98. The van der Waals surface area contributed by atoms with E-state index < -0.39 is 0 Å². The van der Waals surface area contributed by atoms with Crippen molar-refractivity contribution in [2.45, 2.75) is 6.92 Å². The molecule has 2 rings (SSSR count). The molecule has 0 aliphatic heterocycles. The molecule has 0 saturated heterocycles. The lowest BCUT2D eigenvalue weighted by Crippen LogP contribution is -1.98. The number of aromatic nitrogens is 2. The summed E-state index contributed by atoms with van der Waals surface area (Å²) in [5, 5.41) is 18.2. The number of phenols is 1. The lowest BCUT2D eigenvalue weighted by Gasteiger charge is -2.08. The fourth-order valence-corrected chi connectivity index (χ4v) is 1.36. The molecule has 1 aromatic carbocycles. The zero-order valence-electron chi connectivity index (χ0n) is 9.58. The summed E-state index contributed by atoms with van der Waals surface area (Å²) in [7, 11) is 0. The van der Waals surface area contributed by atoms with Crippen LogP contribution in [0.1, 0.15) is 11.4 Å². The summed E-state index contributed by atoms with van der Waals surface area (Å²) in [6.45, 7) is 1.72. The molecule has 1 aromatic heterocycles. The van der Waals surface area contributed by atoms with Gasteiger partial charge in [-0.2, -0.15) is 10.2 Å². The van der Waals surface area contributed by atoms with Gasteiger partial charge in [0.15, 0.2) is 5.75 Å². The quantitative estimate of drug-likeness (QED) is 0.613. The zero-order chi connectivity index (χ0) is 13.1. The summed E-state index contributed by atoms with van der Waals surface area (Å²) in [5.74, 6) is 0.158. The van der Waals surface area contributed by atoms with Crippen molar-refractivity contribution in [2.24, 2.45) is 0 Å². The predicted molar refractivity (Wildman–Crippen MR) is 64.1 cm³/mol. The summed E-state index contributed by atoms with van der Waals surface area (Å²) in [6, 6.07) is 8.07. The topological polar surface area (TPSA) is 105 Å². The Morgan fingerprint density at radius 1 is 1.39 bits per heavy atom. The van der Waals surface area contributed by atoms with Crippen LogP contribution < -0.4 is 10.5 Å². The molecular formula is C12H10N4O2. The molecule has 6 nitrogen and oxygen atoms in total. The fraction of sp³-hybridized carbons (Fsp3) is 0.0833. The van der Waals surface area contributed by atoms with Crippen LogP contribution in [0.3, 0.4) is 0 Å². The van der Waals surface area contributed by atoms with Crippen LogP contribution in [0.2, 0.25) is 0 Å². The Balaban J connectivity index is 2.37. The SMILES string of the molecule is Cc1cc(C#N)nc(Oc2cccc(O)c2N)n1. The van der Waals surface area contributed by atoms with E-state index in [9.17, 15) is 5.11 Å². The van der Waals surface area contributed by atoms with Gasteiger partial charge in [0.1, 0.15) is 23.2 Å². The number of benzene rings is 1. The van der Waals surface area contributed by atoms with Crippen LogP contribution in [0, 0.1) is 18.3 Å². The second kappa shape index (κ2) is 4.59. The average Bonchev–Trinajstić information content (AvgIpc) is 2.34. The number of aromatic hydroxyl groups is 1. The van der Waals surface area contributed by atoms with Gasteiger partial charge < -0.3 is 15.6 Å². The third-order valence-corrected chi connectivity index (χ3v) is 2.19. The highest BCUT2D eigenvalue weighted by molar-refractivity contribution is 5.62. The minimum absolute atomic E-state index is 0.0175. The Labute approximate surface area is 103 Å². The number of hydrogen-bond donors (Lipinski definition) is 2. The molecule has 0 saturated carbocycles. The predicted octanol–water partition coefficient (Wildman–Crippen LogP) is 1.74. The van der Waals surface area contributed by atoms with Crippen LogP contribution in [0.4, 0.5) is 5.69 Å². The van der Waals surface area contributed by atoms with Crippen molar-refractivity contribution in [3.63, 3.8) is 0 Å². The molecule has 0 fully saturated rings. The normalized spacial score (nSPS) is 9.78. The average molecular weight is 242 g/mol. The van der Waals surface area contributed by atoms with Gasteiger partial charge >= 0.3 is 6.01 Å². The number of ether oxygens (including phenoxy) is 1. The van der Waals surface area contributed by atoms with Gasteiger partial charge in [0.25, 0.3) is 0 Å². The van der Waals surface area contributed by atoms with Crippen molar-refractivity contribution >= 4 is 5.69 Å². The number of nitrogen functional groups attached to an aromatic ring is 1. The van der Waals surface area contributed by atoms with E-state index in [0.717, 1.165) is 0 Å². The number of rotatable bonds is 2. The monoisotopic (exact) mass is 242 g/mol. The highest BCUT2D eigenvalue weighted by Crippen LogP contribution is 2.32. The maximum Gasteiger partial charge on any atom is 0.323 e. The Morgan fingerprint density at radius 3 is 2.89 bits per heavy atom. The Hall–Kier alpha value is -2.81.